The zero-order chi connectivity index (χ0) is 20.6. The summed E-state index contributed by atoms with van der Waals surface area (Å²) in [6.45, 7) is 2.38. The van der Waals surface area contributed by atoms with Crippen molar-refractivity contribution in [1.82, 2.24) is 35.1 Å². The minimum atomic E-state index is 0.108. The molecule has 30 heavy (non-hydrogen) atoms. The predicted octanol–water partition coefficient (Wildman–Crippen LogP) is 3.19. The van der Waals surface area contributed by atoms with E-state index >= 15 is 0 Å². The van der Waals surface area contributed by atoms with Crippen molar-refractivity contribution in [2.45, 2.75) is 44.4 Å². The van der Waals surface area contributed by atoms with E-state index in [1.165, 1.54) is 50.0 Å². The van der Waals surface area contributed by atoms with Crippen molar-refractivity contribution in [1.29, 1.82) is 0 Å². The Kier molecular flexibility index (Phi) is 4.94. The number of nitrogens with zero attached hydrogens (tertiary/aromatic N) is 7. The van der Waals surface area contributed by atoms with Crippen LogP contribution in [0.5, 0.6) is 5.75 Å². The number of likely N-dealkylation sites (tertiary alicyclic amines) is 1. The van der Waals surface area contributed by atoms with Gasteiger partial charge in [-0.2, -0.15) is 15.0 Å². The van der Waals surface area contributed by atoms with Crippen molar-refractivity contribution in [2.75, 3.05) is 20.1 Å². The van der Waals surface area contributed by atoms with E-state index in [4.69, 9.17) is 0 Å². The zero-order valence-electron chi connectivity index (χ0n) is 17.3. The van der Waals surface area contributed by atoms with Gasteiger partial charge >= 0.3 is 0 Å². The maximum Gasteiger partial charge on any atom is 0.154 e. The Morgan fingerprint density at radius 2 is 1.87 bits per heavy atom. The Morgan fingerprint density at radius 3 is 2.57 bits per heavy atom. The second-order valence-electron chi connectivity index (χ2n) is 8.82. The molecule has 1 saturated carbocycles. The van der Waals surface area contributed by atoms with Crippen LogP contribution in [-0.4, -0.2) is 60.3 Å². The van der Waals surface area contributed by atoms with Gasteiger partial charge in [0.15, 0.2) is 5.82 Å². The molecule has 2 aromatic heterocycles. The molecule has 1 aliphatic heterocycles. The van der Waals surface area contributed by atoms with E-state index in [2.05, 4.69) is 37.3 Å². The molecule has 8 heteroatoms. The summed E-state index contributed by atoms with van der Waals surface area (Å²) in [5.41, 5.74) is 2.31. The summed E-state index contributed by atoms with van der Waals surface area (Å²) in [5.74, 6) is 1.33. The minimum Gasteiger partial charge on any atom is -0.507 e. The fourth-order valence-corrected chi connectivity index (χ4v) is 5.02. The second-order valence-corrected chi connectivity index (χ2v) is 8.82. The highest BCUT2D eigenvalue weighted by Gasteiger charge is 2.39. The fraction of sp³-hybridized carbons (Fsp3) is 0.500. The summed E-state index contributed by atoms with van der Waals surface area (Å²) in [6, 6.07) is 5.26. The first-order valence-corrected chi connectivity index (χ1v) is 10.7. The normalized spacial score (nSPS) is 21.7. The van der Waals surface area contributed by atoms with Crippen LogP contribution in [0.1, 0.15) is 50.3 Å². The summed E-state index contributed by atoms with van der Waals surface area (Å²) in [5, 5.41) is 27.5. The number of rotatable bonds is 3. The number of hydrogen-bond donors (Lipinski definition) is 1. The molecule has 3 heterocycles. The van der Waals surface area contributed by atoms with Gasteiger partial charge in [0, 0.05) is 17.5 Å². The van der Waals surface area contributed by atoms with E-state index in [0.29, 0.717) is 28.3 Å². The highest BCUT2D eigenvalue weighted by Crippen LogP contribution is 2.49. The molecule has 1 N–H and O–H groups in total. The van der Waals surface area contributed by atoms with Gasteiger partial charge in [0.05, 0.1) is 24.3 Å². The topological polar surface area (TPSA) is 92.9 Å². The smallest absolute Gasteiger partial charge is 0.154 e. The van der Waals surface area contributed by atoms with Gasteiger partial charge in [-0.25, -0.2) is 4.98 Å². The first-order valence-electron chi connectivity index (χ1n) is 10.7. The Hall–Kier alpha value is -2.87. The molecule has 8 nitrogen and oxygen atoms in total. The Labute approximate surface area is 176 Å². The van der Waals surface area contributed by atoms with Gasteiger partial charge in [-0.3, -0.25) is 0 Å². The third-order valence-corrected chi connectivity index (χ3v) is 6.84. The van der Waals surface area contributed by atoms with Crippen LogP contribution < -0.4 is 0 Å². The molecular formula is C22H27N7O. The van der Waals surface area contributed by atoms with Crippen LogP contribution in [0.3, 0.4) is 0 Å². The molecule has 0 amide bonds. The molecule has 1 aliphatic carbocycles. The summed E-state index contributed by atoms with van der Waals surface area (Å²) in [6.07, 6.45) is 12.3. The van der Waals surface area contributed by atoms with Crippen LogP contribution in [-0.2, 0) is 0 Å². The summed E-state index contributed by atoms with van der Waals surface area (Å²) >= 11 is 0. The summed E-state index contributed by atoms with van der Waals surface area (Å²) < 4.78 is 0. The lowest BCUT2D eigenvalue weighted by Crippen LogP contribution is -2.40. The Balaban J connectivity index is 1.33. The molecule has 0 radical (unpaired) electrons. The van der Waals surface area contributed by atoms with Crippen molar-refractivity contribution >= 4 is 0 Å². The molecular weight excluding hydrogens is 378 g/mol. The van der Waals surface area contributed by atoms with Crippen LogP contribution >= 0.6 is 0 Å². The third-order valence-electron chi connectivity index (χ3n) is 6.84. The monoisotopic (exact) mass is 405 g/mol. The average molecular weight is 406 g/mol. The number of phenols is 1. The molecule has 1 saturated heterocycles. The molecule has 5 rings (SSSR count). The van der Waals surface area contributed by atoms with Gasteiger partial charge in [-0.1, -0.05) is 6.42 Å². The van der Waals surface area contributed by atoms with Gasteiger partial charge in [-0.05, 0) is 69.8 Å². The van der Waals surface area contributed by atoms with Gasteiger partial charge in [0.2, 0.25) is 0 Å². The van der Waals surface area contributed by atoms with E-state index in [0.717, 1.165) is 12.2 Å². The number of aromatic hydroxyl groups is 1. The summed E-state index contributed by atoms with van der Waals surface area (Å²) in [4.78, 5) is 8.55. The molecule has 1 unspecified atom stereocenters. The standard InChI is InChI=1S/C22H27N7O/c1-28-11-7-22(8-12-28)6-2-3-16(14-22)21-23-15-19(26-27-21)18-5-4-17(13-20(18)30)29-24-9-10-25-29/h4-5,9-10,13,15-16,30H,2-3,6-8,11-12,14H2,1H3. The van der Waals surface area contributed by atoms with E-state index in [-0.39, 0.29) is 5.75 Å². The van der Waals surface area contributed by atoms with Gasteiger partial charge in [0.25, 0.3) is 0 Å². The maximum absolute atomic E-state index is 10.5. The van der Waals surface area contributed by atoms with E-state index in [1.54, 1.807) is 30.7 Å². The van der Waals surface area contributed by atoms with E-state index in [9.17, 15) is 5.11 Å². The number of phenolic OH excluding ortho intramolecular Hbond substituents is 1. The molecule has 1 atom stereocenters. The third kappa shape index (κ3) is 3.67. The largest absolute Gasteiger partial charge is 0.507 e. The van der Waals surface area contributed by atoms with Gasteiger partial charge in [0.1, 0.15) is 11.4 Å². The average Bonchev–Trinajstić information content (AvgIpc) is 3.31. The highest BCUT2D eigenvalue weighted by atomic mass is 16.3. The van der Waals surface area contributed by atoms with Crippen LogP contribution in [0, 0.1) is 5.41 Å². The van der Waals surface area contributed by atoms with E-state index < -0.39 is 0 Å². The first kappa shape index (κ1) is 19.1. The predicted molar refractivity (Wildman–Crippen MR) is 112 cm³/mol. The second kappa shape index (κ2) is 7.75. The number of benzene rings is 1. The number of aromatic nitrogens is 6. The Bertz CT molecular complexity index is 995. The van der Waals surface area contributed by atoms with Crippen molar-refractivity contribution in [3.8, 4) is 22.7 Å². The molecule has 1 spiro atoms. The Morgan fingerprint density at radius 1 is 1.07 bits per heavy atom. The molecule has 3 aromatic rings. The highest BCUT2D eigenvalue weighted by molar-refractivity contribution is 5.67. The first-order chi connectivity index (χ1) is 14.6. The van der Waals surface area contributed by atoms with Crippen molar-refractivity contribution < 1.29 is 5.11 Å². The lowest BCUT2D eigenvalue weighted by atomic mass is 9.64. The molecule has 2 aliphatic rings. The van der Waals surface area contributed by atoms with Crippen molar-refractivity contribution in [3.63, 3.8) is 0 Å². The van der Waals surface area contributed by atoms with Gasteiger partial charge in [-0.15, -0.1) is 10.2 Å². The summed E-state index contributed by atoms with van der Waals surface area (Å²) in [7, 11) is 2.21. The molecule has 1 aromatic carbocycles. The van der Waals surface area contributed by atoms with Crippen molar-refractivity contribution in [3.05, 3.63) is 42.6 Å². The zero-order valence-corrected chi connectivity index (χ0v) is 17.3. The lowest BCUT2D eigenvalue weighted by molar-refractivity contribution is 0.0696. The minimum absolute atomic E-state index is 0.108. The lowest BCUT2D eigenvalue weighted by Gasteiger charge is -2.45. The molecule has 0 bridgehead atoms. The fourth-order valence-electron chi connectivity index (χ4n) is 5.02. The molecule has 2 fully saturated rings. The number of piperidine rings is 1. The van der Waals surface area contributed by atoms with Crippen LogP contribution in [0.4, 0.5) is 0 Å². The SMILES string of the molecule is CN1CCC2(CCCC(c3ncc(-c4ccc(-n5nccn5)cc4O)nn3)C2)CC1. The quantitative estimate of drug-likeness (QED) is 0.715. The van der Waals surface area contributed by atoms with Crippen molar-refractivity contribution in [2.24, 2.45) is 5.41 Å². The van der Waals surface area contributed by atoms with Crippen LogP contribution in [0.25, 0.3) is 16.9 Å². The molecule has 156 valence electrons. The number of hydrogen-bond acceptors (Lipinski definition) is 7. The van der Waals surface area contributed by atoms with Crippen LogP contribution in [0.15, 0.2) is 36.8 Å². The van der Waals surface area contributed by atoms with Crippen LogP contribution in [0.2, 0.25) is 0 Å². The van der Waals surface area contributed by atoms with E-state index in [1.807, 2.05) is 6.07 Å². The maximum atomic E-state index is 10.5. The van der Waals surface area contributed by atoms with Gasteiger partial charge < -0.3 is 10.0 Å².